The molecule has 0 aliphatic carbocycles. The van der Waals surface area contributed by atoms with Crippen LogP contribution in [0.25, 0.3) is 0 Å². The number of sulfonamides is 1. The molecule has 0 aliphatic heterocycles. The molecule has 1 N–H and O–H groups in total. The molecular weight excluding hydrogens is 566 g/mol. The molecule has 3 aromatic carbocycles. The van der Waals surface area contributed by atoms with E-state index in [2.05, 4.69) is 5.32 Å². The van der Waals surface area contributed by atoms with Crippen molar-refractivity contribution < 1.29 is 27.5 Å². The van der Waals surface area contributed by atoms with Gasteiger partial charge in [0.05, 0.1) is 24.8 Å². The normalized spacial score (nSPS) is 12.6. The topological polar surface area (TPSA) is 105 Å². The summed E-state index contributed by atoms with van der Waals surface area (Å²) >= 11 is 6.05. The second kappa shape index (κ2) is 14.2. The molecule has 0 saturated carbocycles. The number of nitrogens with zero attached hydrogens (tertiary/aromatic N) is 2. The minimum absolute atomic E-state index is 0.00870. The third-order valence-corrected chi connectivity index (χ3v) is 8.74. The molecule has 41 heavy (non-hydrogen) atoms. The fourth-order valence-corrected chi connectivity index (χ4v) is 5.62. The molecule has 220 valence electrons. The summed E-state index contributed by atoms with van der Waals surface area (Å²) in [5.41, 5.74) is 0.928. The molecule has 11 heteroatoms. The Morgan fingerprint density at radius 1 is 0.927 bits per heavy atom. The minimum atomic E-state index is -4.20. The van der Waals surface area contributed by atoms with Crippen LogP contribution >= 0.6 is 11.6 Å². The predicted molar refractivity (Wildman–Crippen MR) is 160 cm³/mol. The predicted octanol–water partition coefficient (Wildman–Crippen LogP) is 4.88. The van der Waals surface area contributed by atoms with E-state index in [9.17, 15) is 18.0 Å². The lowest BCUT2D eigenvalue weighted by Gasteiger charge is -2.32. The second-order valence-electron chi connectivity index (χ2n) is 9.51. The molecular formula is C30H36ClN3O6S. The van der Waals surface area contributed by atoms with Crippen LogP contribution in [-0.2, 0) is 26.2 Å². The lowest BCUT2D eigenvalue weighted by atomic mass is 10.1. The van der Waals surface area contributed by atoms with Crippen molar-refractivity contribution >= 4 is 39.1 Å². The average Bonchev–Trinajstić information content (AvgIpc) is 2.98. The van der Waals surface area contributed by atoms with E-state index in [1.165, 1.54) is 43.4 Å². The first-order valence-corrected chi connectivity index (χ1v) is 15.0. The van der Waals surface area contributed by atoms with Gasteiger partial charge in [-0.2, -0.15) is 0 Å². The summed E-state index contributed by atoms with van der Waals surface area (Å²) in [5.74, 6) is -0.212. The number of ether oxygens (including phenoxy) is 2. The Bertz CT molecular complexity index is 1430. The Balaban J connectivity index is 2.06. The monoisotopic (exact) mass is 601 g/mol. The summed E-state index contributed by atoms with van der Waals surface area (Å²) in [7, 11) is -1.29. The molecule has 0 spiro atoms. The number of benzene rings is 3. The van der Waals surface area contributed by atoms with E-state index in [1.807, 2.05) is 13.8 Å². The quantitative estimate of drug-likeness (QED) is 0.299. The number of anilines is 1. The third-order valence-electron chi connectivity index (χ3n) is 6.70. The minimum Gasteiger partial charge on any atom is -0.493 e. The van der Waals surface area contributed by atoms with Crippen LogP contribution in [0, 0.1) is 0 Å². The van der Waals surface area contributed by atoms with Crippen LogP contribution in [0.2, 0.25) is 5.02 Å². The van der Waals surface area contributed by atoms with E-state index in [-0.39, 0.29) is 29.1 Å². The van der Waals surface area contributed by atoms with Crippen LogP contribution in [0.4, 0.5) is 5.69 Å². The maximum Gasteiger partial charge on any atom is 0.264 e. The second-order valence-corrected chi connectivity index (χ2v) is 11.8. The number of carbonyl (C=O) groups is 2. The van der Waals surface area contributed by atoms with Crippen LogP contribution in [0.1, 0.15) is 32.8 Å². The van der Waals surface area contributed by atoms with E-state index in [4.69, 9.17) is 21.1 Å². The molecule has 2 unspecified atom stereocenters. The zero-order valence-electron chi connectivity index (χ0n) is 23.8. The zero-order valence-corrected chi connectivity index (χ0v) is 25.4. The van der Waals surface area contributed by atoms with Crippen molar-refractivity contribution in [2.45, 2.75) is 50.7 Å². The van der Waals surface area contributed by atoms with Gasteiger partial charge in [0.25, 0.3) is 10.0 Å². The van der Waals surface area contributed by atoms with Gasteiger partial charge in [-0.1, -0.05) is 48.9 Å². The van der Waals surface area contributed by atoms with Gasteiger partial charge in [-0.05, 0) is 62.2 Å². The van der Waals surface area contributed by atoms with E-state index >= 15 is 0 Å². The Hall–Kier alpha value is -3.76. The number of amides is 2. The van der Waals surface area contributed by atoms with E-state index < -0.39 is 28.5 Å². The zero-order chi connectivity index (χ0) is 30.2. The van der Waals surface area contributed by atoms with Crippen molar-refractivity contribution in [2.24, 2.45) is 0 Å². The molecule has 2 atom stereocenters. The number of carbonyl (C=O) groups excluding carboxylic acids is 2. The first-order chi connectivity index (χ1) is 19.5. The number of rotatable bonds is 13. The Kier molecular flexibility index (Phi) is 11.0. The molecule has 9 nitrogen and oxygen atoms in total. The average molecular weight is 602 g/mol. The van der Waals surface area contributed by atoms with Gasteiger partial charge in [-0.25, -0.2) is 8.42 Å². The molecule has 0 bridgehead atoms. The number of nitrogens with one attached hydrogen (secondary N) is 1. The van der Waals surface area contributed by atoms with Gasteiger partial charge in [0.15, 0.2) is 11.5 Å². The molecule has 0 heterocycles. The maximum absolute atomic E-state index is 14.0. The molecule has 0 aromatic heterocycles. The Morgan fingerprint density at radius 3 is 2.15 bits per heavy atom. The van der Waals surface area contributed by atoms with E-state index in [0.29, 0.717) is 22.9 Å². The highest BCUT2D eigenvalue weighted by atomic mass is 35.5. The number of halogens is 1. The molecule has 0 radical (unpaired) electrons. The van der Waals surface area contributed by atoms with Crippen LogP contribution in [0.5, 0.6) is 11.5 Å². The number of methoxy groups -OCH3 is 2. The van der Waals surface area contributed by atoms with Crippen LogP contribution < -0.4 is 19.1 Å². The van der Waals surface area contributed by atoms with Gasteiger partial charge in [-0.15, -0.1) is 0 Å². The fourth-order valence-electron chi connectivity index (χ4n) is 4.06. The van der Waals surface area contributed by atoms with E-state index in [0.717, 1.165) is 9.87 Å². The molecule has 3 rings (SSSR count). The standard InChI is InChI=1S/C30H36ClN3O6S/c1-6-21(2)32-30(36)22(3)33(19-23-12-14-24(31)15-13-23)29(35)20-34(41(37,38)26-10-8-7-9-11-26)25-16-17-27(39-4)28(18-25)40-5/h7-18,21-22H,6,19-20H2,1-5H3,(H,32,36). The first-order valence-electron chi connectivity index (χ1n) is 13.2. The molecule has 0 saturated heterocycles. The van der Waals surface area contributed by atoms with Gasteiger partial charge in [-0.3, -0.25) is 13.9 Å². The molecule has 3 aromatic rings. The Labute approximate surface area is 247 Å². The van der Waals surface area contributed by atoms with Crippen LogP contribution in [-0.4, -0.2) is 58.0 Å². The van der Waals surface area contributed by atoms with Gasteiger partial charge >= 0.3 is 0 Å². The summed E-state index contributed by atoms with van der Waals surface area (Å²) in [6.07, 6.45) is 0.714. The van der Waals surface area contributed by atoms with Crippen molar-refractivity contribution in [3.05, 3.63) is 83.4 Å². The van der Waals surface area contributed by atoms with Crippen LogP contribution in [0.15, 0.2) is 77.7 Å². The SMILES string of the molecule is CCC(C)NC(=O)C(C)N(Cc1ccc(Cl)cc1)C(=O)CN(c1ccc(OC)c(OC)c1)S(=O)(=O)c1ccccc1. The highest BCUT2D eigenvalue weighted by molar-refractivity contribution is 7.92. The Morgan fingerprint density at radius 2 is 1.56 bits per heavy atom. The largest absolute Gasteiger partial charge is 0.493 e. The maximum atomic E-state index is 14.0. The number of hydrogen-bond donors (Lipinski definition) is 1. The highest BCUT2D eigenvalue weighted by Crippen LogP contribution is 2.34. The fraction of sp³-hybridized carbons (Fsp3) is 0.333. The third kappa shape index (κ3) is 7.92. The first kappa shape index (κ1) is 31.8. The molecule has 0 fully saturated rings. The van der Waals surface area contributed by atoms with Gasteiger partial charge < -0.3 is 19.7 Å². The summed E-state index contributed by atoms with van der Waals surface area (Å²) in [6.45, 7) is 4.94. The summed E-state index contributed by atoms with van der Waals surface area (Å²) in [5, 5.41) is 3.44. The summed E-state index contributed by atoms with van der Waals surface area (Å²) in [6, 6.07) is 18.4. The van der Waals surface area contributed by atoms with Crippen molar-refractivity contribution in [3.8, 4) is 11.5 Å². The van der Waals surface area contributed by atoms with Gasteiger partial charge in [0.2, 0.25) is 11.8 Å². The summed E-state index contributed by atoms with van der Waals surface area (Å²) < 4.78 is 39.6. The van der Waals surface area contributed by atoms with Crippen molar-refractivity contribution in [1.29, 1.82) is 0 Å². The van der Waals surface area contributed by atoms with Crippen molar-refractivity contribution in [3.63, 3.8) is 0 Å². The van der Waals surface area contributed by atoms with Gasteiger partial charge in [0, 0.05) is 23.7 Å². The lowest BCUT2D eigenvalue weighted by Crippen LogP contribution is -2.52. The smallest absolute Gasteiger partial charge is 0.264 e. The lowest BCUT2D eigenvalue weighted by molar-refractivity contribution is -0.139. The molecule has 2 amide bonds. The van der Waals surface area contributed by atoms with Crippen molar-refractivity contribution in [1.82, 2.24) is 10.2 Å². The van der Waals surface area contributed by atoms with E-state index in [1.54, 1.807) is 55.5 Å². The van der Waals surface area contributed by atoms with Crippen molar-refractivity contribution in [2.75, 3.05) is 25.1 Å². The van der Waals surface area contributed by atoms with Crippen LogP contribution in [0.3, 0.4) is 0 Å². The summed E-state index contributed by atoms with van der Waals surface area (Å²) in [4.78, 5) is 28.5. The van der Waals surface area contributed by atoms with Gasteiger partial charge in [0.1, 0.15) is 12.6 Å². The number of hydrogen-bond acceptors (Lipinski definition) is 6. The molecule has 0 aliphatic rings. The highest BCUT2D eigenvalue weighted by Gasteiger charge is 2.33.